The van der Waals surface area contributed by atoms with Crippen LogP contribution in [0.4, 0.5) is 4.79 Å². The predicted molar refractivity (Wildman–Crippen MR) is 94.5 cm³/mol. The molecule has 2 aliphatic rings. The smallest absolute Gasteiger partial charge is 0.317 e. The second-order valence-electron chi connectivity index (χ2n) is 6.91. The van der Waals surface area contributed by atoms with Crippen molar-refractivity contribution in [3.05, 3.63) is 24.2 Å². The van der Waals surface area contributed by atoms with Crippen molar-refractivity contribution >= 4 is 17.2 Å². The normalized spacial score (nSPS) is 21.8. The predicted octanol–water partition coefficient (Wildman–Crippen LogP) is 2.27. The number of imidazole rings is 1. The van der Waals surface area contributed by atoms with Gasteiger partial charge in [-0.05, 0) is 44.7 Å². The zero-order valence-electron chi connectivity index (χ0n) is 14.6. The first-order valence-corrected chi connectivity index (χ1v) is 9.16. The third kappa shape index (κ3) is 3.33. The van der Waals surface area contributed by atoms with Gasteiger partial charge in [-0.2, -0.15) is 0 Å². The highest BCUT2D eigenvalue weighted by molar-refractivity contribution is 5.74. The van der Waals surface area contributed by atoms with Crippen LogP contribution in [-0.2, 0) is 4.74 Å². The van der Waals surface area contributed by atoms with Crippen molar-refractivity contribution in [2.24, 2.45) is 0 Å². The molecule has 7 nitrogen and oxygen atoms in total. The Kier molecular flexibility index (Phi) is 4.57. The molecule has 0 saturated carbocycles. The molecule has 4 rings (SSSR count). The second kappa shape index (κ2) is 7.00. The van der Waals surface area contributed by atoms with Crippen molar-refractivity contribution in [3.8, 4) is 0 Å². The number of carbonyl (C=O) groups is 1. The molecular formula is C18H25N5O2. The van der Waals surface area contributed by atoms with E-state index < -0.39 is 0 Å². The summed E-state index contributed by atoms with van der Waals surface area (Å²) in [4.78, 5) is 23.4. The average Bonchev–Trinajstić information content (AvgIpc) is 3.26. The molecular weight excluding hydrogens is 318 g/mol. The Hall–Kier alpha value is -2.15. The minimum absolute atomic E-state index is 0.0271. The number of hydrogen-bond acceptors (Lipinski definition) is 4. The van der Waals surface area contributed by atoms with Gasteiger partial charge in [0, 0.05) is 38.5 Å². The fourth-order valence-electron chi connectivity index (χ4n) is 3.93. The van der Waals surface area contributed by atoms with E-state index in [1.54, 1.807) is 0 Å². The van der Waals surface area contributed by atoms with E-state index in [9.17, 15) is 4.79 Å². The van der Waals surface area contributed by atoms with E-state index in [1.165, 1.54) is 0 Å². The molecule has 2 fully saturated rings. The van der Waals surface area contributed by atoms with Crippen molar-refractivity contribution in [2.45, 2.75) is 44.8 Å². The largest absolute Gasteiger partial charge is 0.376 e. The fraction of sp³-hybridized carbons (Fsp3) is 0.611. The monoisotopic (exact) mass is 343 g/mol. The van der Waals surface area contributed by atoms with Gasteiger partial charge in [0.25, 0.3) is 0 Å². The lowest BCUT2D eigenvalue weighted by molar-refractivity contribution is 0.107. The Morgan fingerprint density at radius 1 is 1.36 bits per heavy atom. The van der Waals surface area contributed by atoms with Crippen LogP contribution in [0.3, 0.4) is 0 Å². The molecule has 4 heterocycles. The number of nitrogens with zero attached hydrogens (tertiary/aromatic N) is 4. The average molecular weight is 343 g/mol. The maximum atomic E-state index is 12.4. The van der Waals surface area contributed by atoms with Gasteiger partial charge in [0.05, 0.1) is 6.10 Å². The zero-order chi connectivity index (χ0) is 17.2. The molecule has 2 amide bonds. The number of ether oxygens (including phenoxy) is 1. The third-order valence-corrected chi connectivity index (χ3v) is 5.25. The van der Waals surface area contributed by atoms with E-state index >= 15 is 0 Å². The van der Waals surface area contributed by atoms with Gasteiger partial charge in [0.2, 0.25) is 0 Å². The Morgan fingerprint density at radius 2 is 2.20 bits per heavy atom. The summed E-state index contributed by atoms with van der Waals surface area (Å²) in [7, 11) is 0. The first-order valence-electron chi connectivity index (χ1n) is 9.16. The highest BCUT2D eigenvalue weighted by Crippen LogP contribution is 2.27. The molecule has 1 N–H and O–H groups in total. The zero-order valence-corrected chi connectivity index (χ0v) is 14.6. The summed E-state index contributed by atoms with van der Waals surface area (Å²) in [6.07, 6.45) is 5.99. The summed E-state index contributed by atoms with van der Waals surface area (Å²) < 4.78 is 7.79. The molecule has 0 aliphatic carbocycles. The molecule has 0 radical (unpaired) electrons. The molecule has 7 heteroatoms. The number of carbonyl (C=O) groups excluding carboxylic acids is 1. The van der Waals surface area contributed by atoms with Crippen molar-refractivity contribution < 1.29 is 9.53 Å². The molecule has 1 atom stereocenters. The SMILES string of the molecule is Cc1nc2cccnc2n1C1CCN(C(=O)NCC2CCCO2)CC1. The van der Waals surface area contributed by atoms with Gasteiger partial charge in [0.15, 0.2) is 5.65 Å². The number of hydrogen-bond donors (Lipinski definition) is 1. The quantitative estimate of drug-likeness (QED) is 0.928. The third-order valence-electron chi connectivity index (χ3n) is 5.25. The van der Waals surface area contributed by atoms with E-state index in [1.807, 2.05) is 30.2 Å². The van der Waals surface area contributed by atoms with Gasteiger partial charge in [-0.1, -0.05) is 0 Å². The summed E-state index contributed by atoms with van der Waals surface area (Å²) in [5.41, 5.74) is 1.89. The number of rotatable bonds is 3. The summed E-state index contributed by atoms with van der Waals surface area (Å²) in [5.74, 6) is 0.995. The number of urea groups is 1. The van der Waals surface area contributed by atoms with Crippen LogP contribution in [0.15, 0.2) is 18.3 Å². The molecule has 25 heavy (non-hydrogen) atoms. The highest BCUT2D eigenvalue weighted by Gasteiger charge is 2.27. The summed E-state index contributed by atoms with van der Waals surface area (Å²) in [5, 5.41) is 3.02. The Labute approximate surface area is 147 Å². The maximum Gasteiger partial charge on any atom is 0.317 e. The Balaban J connectivity index is 1.36. The fourth-order valence-corrected chi connectivity index (χ4v) is 3.93. The molecule has 2 aromatic heterocycles. The van der Waals surface area contributed by atoms with Gasteiger partial charge < -0.3 is 19.5 Å². The summed E-state index contributed by atoms with van der Waals surface area (Å²) in [6.45, 7) is 4.98. The van der Waals surface area contributed by atoms with Crippen molar-refractivity contribution in [1.29, 1.82) is 0 Å². The number of likely N-dealkylation sites (tertiary alicyclic amines) is 1. The lowest BCUT2D eigenvalue weighted by atomic mass is 10.0. The van der Waals surface area contributed by atoms with Gasteiger partial charge in [-0.15, -0.1) is 0 Å². The molecule has 2 saturated heterocycles. The van der Waals surface area contributed by atoms with E-state index in [4.69, 9.17) is 4.74 Å². The van der Waals surface area contributed by atoms with Gasteiger partial charge >= 0.3 is 6.03 Å². The van der Waals surface area contributed by atoms with Crippen LogP contribution in [0.5, 0.6) is 0 Å². The van der Waals surface area contributed by atoms with Gasteiger partial charge in [-0.25, -0.2) is 14.8 Å². The number of pyridine rings is 1. The van der Waals surface area contributed by atoms with E-state index in [-0.39, 0.29) is 12.1 Å². The lowest BCUT2D eigenvalue weighted by Crippen LogP contribution is -2.46. The molecule has 2 aromatic rings. The van der Waals surface area contributed by atoms with Crippen LogP contribution < -0.4 is 5.32 Å². The number of fused-ring (bicyclic) bond motifs is 1. The topological polar surface area (TPSA) is 72.3 Å². The van der Waals surface area contributed by atoms with Crippen LogP contribution in [0.2, 0.25) is 0 Å². The van der Waals surface area contributed by atoms with Gasteiger partial charge in [-0.3, -0.25) is 0 Å². The molecule has 134 valence electrons. The van der Waals surface area contributed by atoms with E-state index in [0.29, 0.717) is 12.6 Å². The number of nitrogens with one attached hydrogen (secondary N) is 1. The van der Waals surface area contributed by atoms with Crippen LogP contribution >= 0.6 is 0 Å². The summed E-state index contributed by atoms with van der Waals surface area (Å²) >= 11 is 0. The van der Waals surface area contributed by atoms with Crippen LogP contribution in [0.25, 0.3) is 11.2 Å². The van der Waals surface area contributed by atoms with Crippen molar-refractivity contribution in [3.63, 3.8) is 0 Å². The first-order chi connectivity index (χ1) is 12.2. The highest BCUT2D eigenvalue weighted by atomic mass is 16.5. The maximum absolute atomic E-state index is 12.4. The molecule has 1 unspecified atom stereocenters. The number of amides is 2. The number of aromatic nitrogens is 3. The minimum Gasteiger partial charge on any atom is -0.376 e. The van der Waals surface area contributed by atoms with Crippen LogP contribution in [-0.4, -0.2) is 57.8 Å². The van der Waals surface area contributed by atoms with Crippen LogP contribution in [0.1, 0.15) is 37.5 Å². The number of piperidine rings is 1. The molecule has 0 aromatic carbocycles. The van der Waals surface area contributed by atoms with Gasteiger partial charge in [0.1, 0.15) is 11.3 Å². The standard InChI is InChI=1S/C18H25N5O2/c1-13-21-16-5-2-8-19-17(16)23(13)14-6-9-22(10-7-14)18(24)20-12-15-4-3-11-25-15/h2,5,8,14-15H,3-4,6-7,9-12H2,1H3,(H,20,24). The molecule has 0 bridgehead atoms. The molecule has 0 spiro atoms. The first kappa shape index (κ1) is 16.3. The Morgan fingerprint density at radius 3 is 2.96 bits per heavy atom. The Bertz CT molecular complexity index is 745. The molecule has 2 aliphatic heterocycles. The van der Waals surface area contributed by atoms with Crippen LogP contribution in [0, 0.1) is 6.92 Å². The van der Waals surface area contributed by atoms with Crippen molar-refractivity contribution in [2.75, 3.05) is 26.2 Å². The second-order valence-corrected chi connectivity index (χ2v) is 6.91. The summed E-state index contributed by atoms with van der Waals surface area (Å²) in [6, 6.07) is 4.29. The van der Waals surface area contributed by atoms with E-state index in [2.05, 4.69) is 19.9 Å². The number of aryl methyl sites for hydroxylation is 1. The lowest BCUT2D eigenvalue weighted by Gasteiger charge is -2.33. The van der Waals surface area contributed by atoms with Crippen molar-refractivity contribution in [1.82, 2.24) is 24.8 Å². The van der Waals surface area contributed by atoms with E-state index in [0.717, 1.165) is 62.4 Å². The minimum atomic E-state index is 0.0271.